The predicted octanol–water partition coefficient (Wildman–Crippen LogP) is 3.26. The molecule has 0 saturated heterocycles. The second-order valence-electron chi connectivity index (χ2n) is 7.41. The summed E-state index contributed by atoms with van der Waals surface area (Å²) in [6.45, 7) is 4.62. The lowest BCUT2D eigenvalue weighted by Crippen LogP contribution is -2.38. The lowest BCUT2D eigenvalue weighted by atomic mass is 10.1. The van der Waals surface area contributed by atoms with E-state index in [2.05, 4.69) is 4.98 Å². The van der Waals surface area contributed by atoms with E-state index in [1.807, 2.05) is 44.2 Å². The second-order valence-corrected chi connectivity index (χ2v) is 8.52. The summed E-state index contributed by atoms with van der Waals surface area (Å²) in [5, 5.41) is 11.8. The third-order valence-electron chi connectivity index (χ3n) is 4.73. The van der Waals surface area contributed by atoms with E-state index in [-0.39, 0.29) is 22.9 Å². The number of aromatic hydroxyl groups is 1. The Morgan fingerprint density at radius 1 is 1.18 bits per heavy atom. The summed E-state index contributed by atoms with van der Waals surface area (Å²) >= 11 is 1.41. The first-order valence-corrected chi connectivity index (χ1v) is 9.96. The number of hydrogen-bond acceptors (Lipinski definition) is 5. The highest BCUT2D eigenvalue weighted by Crippen LogP contribution is 2.29. The molecule has 0 aliphatic heterocycles. The zero-order valence-corrected chi connectivity index (χ0v) is 16.8. The second kappa shape index (κ2) is 6.91. The van der Waals surface area contributed by atoms with Gasteiger partial charge in [0.25, 0.3) is 5.56 Å². The van der Waals surface area contributed by atoms with Crippen LogP contribution in [-0.2, 0) is 20.0 Å². The monoisotopic (exact) mass is 395 g/mol. The van der Waals surface area contributed by atoms with Crippen LogP contribution in [0, 0.1) is 5.92 Å². The number of fused-ring (bicyclic) bond motifs is 2. The molecule has 0 aliphatic rings. The van der Waals surface area contributed by atoms with Gasteiger partial charge in [0, 0.05) is 30.3 Å². The summed E-state index contributed by atoms with van der Waals surface area (Å²) in [5.74, 6) is 0.402. The van der Waals surface area contributed by atoms with Crippen LogP contribution >= 0.6 is 11.3 Å². The molecule has 1 aromatic carbocycles. The zero-order chi connectivity index (χ0) is 20.0. The van der Waals surface area contributed by atoms with Gasteiger partial charge in [-0.25, -0.2) is 9.78 Å². The summed E-state index contributed by atoms with van der Waals surface area (Å²) in [6.07, 6.45) is 0.398. The Labute approximate surface area is 165 Å². The van der Waals surface area contributed by atoms with Crippen molar-refractivity contribution in [1.29, 1.82) is 0 Å². The first-order valence-electron chi connectivity index (χ1n) is 9.15. The molecule has 0 amide bonds. The van der Waals surface area contributed by atoms with E-state index in [1.54, 1.807) is 10.6 Å². The molecule has 0 fully saturated rings. The maximum absolute atomic E-state index is 12.6. The van der Waals surface area contributed by atoms with Gasteiger partial charge in [-0.3, -0.25) is 13.9 Å². The molecular weight excluding hydrogens is 374 g/mol. The highest BCUT2D eigenvalue weighted by Gasteiger charge is 2.17. The van der Waals surface area contributed by atoms with Crippen molar-refractivity contribution in [3.05, 3.63) is 67.8 Å². The molecule has 6 nitrogen and oxygen atoms in total. The zero-order valence-electron chi connectivity index (χ0n) is 16.0. The molecular formula is C21H21N3O3S. The molecule has 7 heteroatoms. The summed E-state index contributed by atoms with van der Waals surface area (Å²) in [5.41, 5.74) is 0.772. The average Bonchev–Trinajstić information content (AvgIpc) is 3.08. The summed E-state index contributed by atoms with van der Waals surface area (Å²) in [4.78, 5) is 31.3. The van der Waals surface area contributed by atoms with Gasteiger partial charge in [-0.05, 0) is 24.1 Å². The molecule has 0 aliphatic carbocycles. The molecule has 0 radical (unpaired) electrons. The van der Waals surface area contributed by atoms with E-state index in [9.17, 15) is 14.7 Å². The number of pyridine rings is 1. The molecule has 0 saturated carbocycles. The quantitative estimate of drug-likeness (QED) is 0.575. The minimum Gasteiger partial charge on any atom is -0.506 e. The highest BCUT2D eigenvalue weighted by atomic mass is 32.1. The fourth-order valence-corrected chi connectivity index (χ4v) is 4.53. The Balaban J connectivity index is 1.85. The molecule has 0 bridgehead atoms. The highest BCUT2D eigenvalue weighted by molar-refractivity contribution is 7.18. The lowest BCUT2D eigenvalue weighted by Gasteiger charge is -2.11. The third kappa shape index (κ3) is 3.11. The SMILES string of the molecule is CC(C)Cn1c(=O)n(C)c(=O)c2cc(Cc3nc4ccccc4cc3O)sc21. The van der Waals surface area contributed by atoms with Crippen molar-refractivity contribution >= 4 is 32.5 Å². The number of hydrogen-bond donors (Lipinski definition) is 1. The maximum Gasteiger partial charge on any atom is 0.331 e. The standard InChI is InChI=1S/C21H21N3O3S/c1-12(2)11-24-20-15(19(26)23(3)21(24)27)9-14(28-20)10-17-18(25)8-13-6-4-5-7-16(13)22-17/h4-9,12,25H,10-11H2,1-3H3. The van der Waals surface area contributed by atoms with Crippen molar-refractivity contribution in [2.75, 3.05) is 0 Å². The number of thiophene rings is 1. The average molecular weight is 395 g/mol. The van der Waals surface area contributed by atoms with Crippen molar-refractivity contribution in [2.45, 2.75) is 26.8 Å². The summed E-state index contributed by atoms with van der Waals surface area (Å²) in [6, 6.07) is 11.1. The Bertz CT molecular complexity index is 1310. The molecule has 0 atom stereocenters. The van der Waals surface area contributed by atoms with Crippen molar-refractivity contribution in [3.8, 4) is 5.75 Å². The van der Waals surface area contributed by atoms with Gasteiger partial charge in [-0.15, -0.1) is 11.3 Å². The fourth-order valence-electron chi connectivity index (χ4n) is 3.37. The van der Waals surface area contributed by atoms with Crippen LogP contribution in [0.2, 0.25) is 0 Å². The molecule has 4 rings (SSSR count). The van der Waals surface area contributed by atoms with Crippen LogP contribution < -0.4 is 11.2 Å². The van der Waals surface area contributed by atoms with E-state index in [4.69, 9.17) is 0 Å². The van der Waals surface area contributed by atoms with E-state index in [0.717, 1.165) is 20.3 Å². The first kappa shape index (κ1) is 18.4. The van der Waals surface area contributed by atoms with Crippen LogP contribution in [-0.4, -0.2) is 19.2 Å². The van der Waals surface area contributed by atoms with E-state index in [0.29, 0.717) is 28.9 Å². The molecule has 1 N–H and O–H groups in total. The lowest BCUT2D eigenvalue weighted by molar-refractivity contribution is 0.467. The van der Waals surface area contributed by atoms with Crippen molar-refractivity contribution in [3.63, 3.8) is 0 Å². The van der Waals surface area contributed by atoms with Crippen LogP contribution in [0.25, 0.3) is 21.1 Å². The van der Waals surface area contributed by atoms with Crippen LogP contribution in [0.3, 0.4) is 0 Å². The van der Waals surface area contributed by atoms with Gasteiger partial charge in [0.05, 0.1) is 16.6 Å². The Morgan fingerprint density at radius 2 is 1.93 bits per heavy atom. The predicted molar refractivity (Wildman–Crippen MR) is 112 cm³/mol. The van der Waals surface area contributed by atoms with Crippen LogP contribution in [0.15, 0.2) is 46.0 Å². The molecule has 28 heavy (non-hydrogen) atoms. The smallest absolute Gasteiger partial charge is 0.331 e. The third-order valence-corrected chi connectivity index (χ3v) is 5.89. The van der Waals surface area contributed by atoms with Gasteiger partial charge in [0.2, 0.25) is 0 Å². The van der Waals surface area contributed by atoms with Crippen LogP contribution in [0.5, 0.6) is 5.75 Å². The Kier molecular flexibility index (Phi) is 4.55. The topological polar surface area (TPSA) is 77.1 Å². The summed E-state index contributed by atoms with van der Waals surface area (Å²) in [7, 11) is 1.51. The Hall–Kier alpha value is -2.93. The number of benzene rings is 1. The van der Waals surface area contributed by atoms with Crippen molar-refractivity contribution < 1.29 is 5.11 Å². The maximum atomic E-state index is 12.6. The van der Waals surface area contributed by atoms with Crippen LogP contribution in [0.4, 0.5) is 0 Å². The number of rotatable bonds is 4. The van der Waals surface area contributed by atoms with Crippen LogP contribution in [0.1, 0.15) is 24.4 Å². The molecule has 3 heterocycles. The largest absolute Gasteiger partial charge is 0.506 e. The number of para-hydroxylation sites is 1. The molecule has 0 spiro atoms. The molecule has 144 valence electrons. The normalized spacial score (nSPS) is 11.7. The first-order chi connectivity index (χ1) is 13.3. The number of aromatic nitrogens is 3. The summed E-state index contributed by atoms with van der Waals surface area (Å²) < 4.78 is 2.83. The van der Waals surface area contributed by atoms with Gasteiger partial charge >= 0.3 is 5.69 Å². The van der Waals surface area contributed by atoms with E-state index >= 15 is 0 Å². The number of nitrogens with zero attached hydrogens (tertiary/aromatic N) is 3. The van der Waals surface area contributed by atoms with Gasteiger partial charge < -0.3 is 5.11 Å². The minimum atomic E-state index is -0.300. The van der Waals surface area contributed by atoms with Crippen molar-refractivity contribution in [1.82, 2.24) is 14.1 Å². The van der Waals surface area contributed by atoms with Gasteiger partial charge in [0.1, 0.15) is 10.6 Å². The van der Waals surface area contributed by atoms with E-state index in [1.165, 1.54) is 18.4 Å². The molecule has 3 aromatic heterocycles. The van der Waals surface area contributed by atoms with Gasteiger partial charge in [-0.2, -0.15) is 0 Å². The van der Waals surface area contributed by atoms with E-state index < -0.39 is 0 Å². The minimum absolute atomic E-state index is 0.128. The van der Waals surface area contributed by atoms with Gasteiger partial charge in [-0.1, -0.05) is 32.0 Å². The fraction of sp³-hybridized carbons (Fsp3) is 0.286. The Morgan fingerprint density at radius 3 is 2.68 bits per heavy atom. The molecule has 0 unspecified atom stereocenters. The van der Waals surface area contributed by atoms with Gasteiger partial charge in [0.15, 0.2) is 0 Å². The van der Waals surface area contributed by atoms with Crippen molar-refractivity contribution in [2.24, 2.45) is 13.0 Å². The molecule has 4 aromatic rings.